The Morgan fingerprint density at radius 3 is 2.71 bits per heavy atom. The molecule has 28 heavy (non-hydrogen) atoms. The molecule has 0 bridgehead atoms. The third-order valence-electron chi connectivity index (χ3n) is 4.25. The van der Waals surface area contributed by atoms with Gasteiger partial charge in [-0.25, -0.2) is 4.98 Å². The van der Waals surface area contributed by atoms with Crippen molar-refractivity contribution in [3.8, 4) is 5.75 Å². The molecule has 0 aromatic carbocycles. The van der Waals surface area contributed by atoms with E-state index in [0.29, 0.717) is 24.1 Å². The molecule has 1 fully saturated rings. The highest BCUT2D eigenvalue weighted by molar-refractivity contribution is 9.10. The maximum absolute atomic E-state index is 12.8. The van der Waals surface area contributed by atoms with Gasteiger partial charge in [0.25, 0.3) is 5.91 Å². The number of carbonyl (C=O) groups is 1. The fourth-order valence-corrected chi connectivity index (χ4v) is 3.08. The number of rotatable bonds is 7. The van der Waals surface area contributed by atoms with E-state index in [1.807, 2.05) is 0 Å². The fourth-order valence-electron chi connectivity index (χ4n) is 2.75. The first-order valence-corrected chi connectivity index (χ1v) is 9.33. The monoisotopic (exact) mass is 462 g/mol. The molecular weight excluding hydrogens is 445 g/mol. The summed E-state index contributed by atoms with van der Waals surface area (Å²) in [5.74, 6) is 0.450. The SMILES string of the molecule is Cc1nc(C(C)(CC2CC2)NC(=O)c2cc(OCC(F)(F)F)c(Br)cn2)no1. The van der Waals surface area contributed by atoms with Crippen molar-refractivity contribution < 1.29 is 27.2 Å². The van der Waals surface area contributed by atoms with Gasteiger partial charge in [0.2, 0.25) is 5.89 Å². The first-order chi connectivity index (χ1) is 13.1. The quantitative estimate of drug-likeness (QED) is 0.670. The van der Waals surface area contributed by atoms with E-state index >= 15 is 0 Å². The number of ether oxygens (including phenoxy) is 1. The molecule has 1 atom stereocenters. The van der Waals surface area contributed by atoms with Gasteiger partial charge in [-0.1, -0.05) is 18.0 Å². The summed E-state index contributed by atoms with van der Waals surface area (Å²) in [6.07, 6.45) is -0.560. The molecule has 11 heteroatoms. The van der Waals surface area contributed by atoms with Gasteiger partial charge in [-0.15, -0.1) is 0 Å². The van der Waals surface area contributed by atoms with E-state index < -0.39 is 24.2 Å². The number of halogens is 4. The smallest absolute Gasteiger partial charge is 0.422 e. The van der Waals surface area contributed by atoms with Crippen LogP contribution >= 0.6 is 15.9 Å². The van der Waals surface area contributed by atoms with Crippen LogP contribution in [-0.4, -0.2) is 33.8 Å². The third kappa shape index (κ3) is 5.21. The number of pyridine rings is 1. The molecule has 1 N–H and O–H groups in total. The Labute approximate surface area is 167 Å². The second kappa shape index (κ2) is 7.69. The van der Waals surface area contributed by atoms with Crippen molar-refractivity contribution in [3.05, 3.63) is 34.1 Å². The molecule has 0 spiro atoms. The molecule has 152 valence electrons. The zero-order valence-electron chi connectivity index (χ0n) is 15.1. The van der Waals surface area contributed by atoms with Crippen molar-refractivity contribution in [2.75, 3.05) is 6.61 Å². The van der Waals surface area contributed by atoms with Gasteiger partial charge in [0.05, 0.1) is 4.47 Å². The van der Waals surface area contributed by atoms with Crippen LogP contribution in [0.5, 0.6) is 5.75 Å². The van der Waals surface area contributed by atoms with Crippen molar-refractivity contribution >= 4 is 21.8 Å². The molecule has 1 unspecified atom stereocenters. The number of aryl methyl sites for hydroxylation is 1. The highest BCUT2D eigenvalue weighted by atomic mass is 79.9. The number of hydrogen-bond acceptors (Lipinski definition) is 6. The van der Waals surface area contributed by atoms with Crippen LogP contribution in [-0.2, 0) is 5.54 Å². The van der Waals surface area contributed by atoms with Crippen LogP contribution in [0, 0.1) is 12.8 Å². The lowest BCUT2D eigenvalue weighted by atomic mass is 9.93. The van der Waals surface area contributed by atoms with Crippen LogP contribution in [0.2, 0.25) is 0 Å². The molecule has 2 heterocycles. The summed E-state index contributed by atoms with van der Waals surface area (Å²) in [5, 5.41) is 6.78. The average molecular weight is 463 g/mol. The van der Waals surface area contributed by atoms with Gasteiger partial charge in [0, 0.05) is 19.2 Å². The number of nitrogens with zero attached hydrogens (tertiary/aromatic N) is 3. The first-order valence-electron chi connectivity index (χ1n) is 8.54. The molecule has 1 saturated carbocycles. The number of carbonyl (C=O) groups excluding carboxylic acids is 1. The van der Waals surface area contributed by atoms with Crippen LogP contribution in [0.3, 0.4) is 0 Å². The Kier molecular flexibility index (Phi) is 5.64. The number of aromatic nitrogens is 3. The molecule has 0 radical (unpaired) electrons. The Morgan fingerprint density at radius 1 is 1.43 bits per heavy atom. The molecule has 2 aromatic heterocycles. The standard InChI is InChI=1S/C17H18BrF3N4O3/c1-9-23-15(25-28-9)16(2,6-10-3-4-10)24-14(26)12-5-13(11(18)7-22-12)27-8-17(19,20)21/h5,7,10H,3-4,6,8H2,1-2H3,(H,24,26). The summed E-state index contributed by atoms with van der Waals surface area (Å²) in [4.78, 5) is 21.0. The van der Waals surface area contributed by atoms with Gasteiger partial charge < -0.3 is 14.6 Å². The molecule has 1 amide bonds. The zero-order valence-corrected chi connectivity index (χ0v) is 16.7. The summed E-state index contributed by atoms with van der Waals surface area (Å²) in [6.45, 7) is 1.96. The fraction of sp³-hybridized carbons (Fsp3) is 0.529. The number of nitrogens with one attached hydrogen (secondary N) is 1. The lowest BCUT2D eigenvalue weighted by molar-refractivity contribution is -0.153. The van der Waals surface area contributed by atoms with Gasteiger partial charge in [-0.3, -0.25) is 4.79 Å². The normalized spacial score (nSPS) is 16.5. The first kappa shape index (κ1) is 20.6. The number of alkyl halides is 3. The summed E-state index contributed by atoms with van der Waals surface area (Å²) in [6, 6.07) is 1.16. The van der Waals surface area contributed by atoms with E-state index in [-0.39, 0.29) is 15.9 Å². The summed E-state index contributed by atoms with van der Waals surface area (Å²) in [5.41, 5.74) is -0.972. The lowest BCUT2D eigenvalue weighted by Gasteiger charge is -2.27. The van der Waals surface area contributed by atoms with Gasteiger partial charge in [0.1, 0.15) is 17.0 Å². The summed E-state index contributed by atoms with van der Waals surface area (Å²) < 4.78 is 47.2. The minimum absolute atomic E-state index is 0.0809. The second-order valence-electron chi connectivity index (χ2n) is 6.97. The average Bonchev–Trinajstić information content (AvgIpc) is 3.29. The van der Waals surface area contributed by atoms with Crippen LogP contribution in [0.25, 0.3) is 0 Å². The second-order valence-corrected chi connectivity index (χ2v) is 7.83. The maximum atomic E-state index is 12.8. The number of amides is 1. The molecule has 1 aliphatic carbocycles. The van der Waals surface area contributed by atoms with Crippen LogP contribution in [0.15, 0.2) is 21.3 Å². The topological polar surface area (TPSA) is 90.1 Å². The van der Waals surface area contributed by atoms with Gasteiger partial charge in [0.15, 0.2) is 12.4 Å². The molecule has 7 nitrogen and oxygen atoms in total. The Hall–Kier alpha value is -2.17. The van der Waals surface area contributed by atoms with Crippen molar-refractivity contribution in [1.29, 1.82) is 0 Å². The van der Waals surface area contributed by atoms with E-state index in [2.05, 4.69) is 36.4 Å². The predicted octanol–water partition coefficient (Wildman–Crippen LogP) is 3.92. The molecule has 1 aliphatic rings. The Balaban J connectivity index is 1.80. The van der Waals surface area contributed by atoms with Crippen molar-refractivity contribution in [3.63, 3.8) is 0 Å². The lowest BCUT2D eigenvalue weighted by Crippen LogP contribution is -2.45. The van der Waals surface area contributed by atoms with Crippen LogP contribution in [0.1, 0.15) is 48.4 Å². The van der Waals surface area contributed by atoms with E-state index in [0.717, 1.165) is 18.9 Å². The highest BCUT2D eigenvalue weighted by Crippen LogP contribution is 2.40. The van der Waals surface area contributed by atoms with Crippen molar-refractivity contribution in [1.82, 2.24) is 20.4 Å². The van der Waals surface area contributed by atoms with E-state index in [1.54, 1.807) is 13.8 Å². The summed E-state index contributed by atoms with van der Waals surface area (Å²) >= 11 is 3.07. The summed E-state index contributed by atoms with van der Waals surface area (Å²) in [7, 11) is 0. The largest absolute Gasteiger partial charge is 0.483 e. The van der Waals surface area contributed by atoms with Gasteiger partial charge in [-0.05, 0) is 35.2 Å². The zero-order chi connectivity index (χ0) is 20.5. The van der Waals surface area contributed by atoms with Crippen molar-refractivity contribution in [2.24, 2.45) is 5.92 Å². The molecule has 2 aromatic rings. The minimum atomic E-state index is -4.50. The molecular formula is C17H18BrF3N4O3. The van der Waals surface area contributed by atoms with E-state index in [1.165, 1.54) is 6.20 Å². The van der Waals surface area contributed by atoms with Gasteiger partial charge in [-0.2, -0.15) is 18.2 Å². The molecule has 0 aliphatic heterocycles. The maximum Gasteiger partial charge on any atom is 0.422 e. The Morgan fingerprint density at radius 2 is 2.14 bits per heavy atom. The predicted molar refractivity (Wildman–Crippen MR) is 94.7 cm³/mol. The molecule has 3 rings (SSSR count). The van der Waals surface area contributed by atoms with Crippen molar-refractivity contribution in [2.45, 2.75) is 44.8 Å². The van der Waals surface area contributed by atoms with Gasteiger partial charge >= 0.3 is 6.18 Å². The molecule has 0 saturated heterocycles. The van der Waals surface area contributed by atoms with E-state index in [9.17, 15) is 18.0 Å². The Bertz CT molecular complexity index is 870. The van der Waals surface area contributed by atoms with E-state index in [4.69, 9.17) is 9.26 Å². The third-order valence-corrected chi connectivity index (χ3v) is 4.84. The van der Waals surface area contributed by atoms with Crippen LogP contribution in [0.4, 0.5) is 13.2 Å². The minimum Gasteiger partial charge on any atom is -0.483 e. The number of hydrogen-bond donors (Lipinski definition) is 1. The van der Waals surface area contributed by atoms with Crippen LogP contribution < -0.4 is 10.1 Å². The highest BCUT2D eigenvalue weighted by Gasteiger charge is 2.40.